The molecule has 1 saturated heterocycles. The third-order valence-corrected chi connectivity index (χ3v) is 4.68. The predicted octanol–water partition coefficient (Wildman–Crippen LogP) is 1.73. The van der Waals surface area contributed by atoms with Gasteiger partial charge in [0.1, 0.15) is 23.7 Å². The number of hydrogen-bond acceptors (Lipinski definition) is 4. The van der Waals surface area contributed by atoms with E-state index in [2.05, 4.69) is 16.0 Å². The Labute approximate surface area is 170 Å². The highest BCUT2D eigenvalue weighted by Crippen LogP contribution is 2.31. The van der Waals surface area contributed by atoms with E-state index in [1.54, 1.807) is 12.1 Å². The van der Waals surface area contributed by atoms with Gasteiger partial charge in [0, 0.05) is 23.9 Å². The van der Waals surface area contributed by atoms with Crippen LogP contribution in [-0.2, 0) is 15.1 Å². The van der Waals surface area contributed by atoms with Crippen LogP contribution in [0.4, 0.5) is 19.3 Å². The molecule has 30 heavy (non-hydrogen) atoms. The maximum atomic E-state index is 14.2. The first-order valence-electron chi connectivity index (χ1n) is 8.87. The molecule has 0 saturated carbocycles. The van der Waals surface area contributed by atoms with Gasteiger partial charge in [0.25, 0.3) is 11.8 Å². The van der Waals surface area contributed by atoms with Crippen LogP contribution in [0.1, 0.15) is 22.8 Å². The quantitative estimate of drug-likeness (QED) is 0.645. The Morgan fingerprint density at radius 3 is 2.57 bits per heavy atom. The molecule has 1 aliphatic heterocycles. The summed E-state index contributed by atoms with van der Waals surface area (Å²) in [5.41, 5.74) is -1.61. The lowest BCUT2D eigenvalue weighted by Crippen LogP contribution is -2.42. The third kappa shape index (κ3) is 3.84. The van der Waals surface area contributed by atoms with Crippen molar-refractivity contribution in [3.05, 3.63) is 65.2 Å². The van der Waals surface area contributed by atoms with Crippen LogP contribution in [0.2, 0.25) is 0 Å². The molecule has 10 heteroatoms. The SMILES string of the molecule is CNC(=O)c1cccc(NC(=O)CN2C(=O)N[C@](C)(c3cc(F)ccc3F)C2=O)c1. The molecule has 2 aromatic rings. The Morgan fingerprint density at radius 2 is 1.87 bits per heavy atom. The highest BCUT2D eigenvalue weighted by molar-refractivity contribution is 6.10. The van der Waals surface area contributed by atoms with E-state index in [1.165, 1.54) is 26.1 Å². The van der Waals surface area contributed by atoms with Crippen molar-refractivity contribution in [3.8, 4) is 0 Å². The van der Waals surface area contributed by atoms with Gasteiger partial charge in [-0.15, -0.1) is 0 Å². The summed E-state index contributed by atoms with van der Waals surface area (Å²) in [6, 6.07) is 7.70. The standard InChI is InChI=1S/C20H18F2N4O4/c1-20(14-9-12(21)6-7-15(14)22)18(29)26(19(30)25-20)10-16(27)24-13-5-3-4-11(8-13)17(28)23-2/h3-9H,10H2,1-2H3,(H,23,28)(H,24,27)(H,25,30)/t20-/m1/s1. The average Bonchev–Trinajstić information content (AvgIpc) is 2.93. The van der Waals surface area contributed by atoms with Crippen LogP contribution in [0.15, 0.2) is 42.5 Å². The normalized spacial score (nSPS) is 18.2. The van der Waals surface area contributed by atoms with E-state index in [9.17, 15) is 28.0 Å². The van der Waals surface area contributed by atoms with Crippen LogP contribution in [0, 0.1) is 11.6 Å². The van der Waals surface area contributed by atoms with Crippen LogP contribution in [-0.4, -0.2) is 42.2 Å². The number of amides is 5. The fourth-order valence-electron chi connectivity index (χ4n) is 3.13. The number of urea groups is 1. The minimum atomic E-state index is -1.86. The minimum absolute atomic E-state index is 0.284. The molecule has 3 rings (SSSR count). The van der Waals surface area contributed by atoms with Crippen LogP contribution >= 0.6 is 0 Å². The largest absolute Gasteiger partial charge is 0.355 e. The summed E-state index contributed by atoms with van der Waals surface area (Å²) in [5, 5.41) is 7.25. The number of benzene rings is 2. The fraction of sp³-hybridized carbons (Fsp3) is 0.200. The van der Waals surface area contributed by atoms with Crippen molar-refractivity contribution in [2.45, 2.75) is 12.5 Å². The van der Waals surface area contributed by atoms with Gasteiger partial charge in [-0.25, -0.2) is 13.6 Å². The molecule has 1 aliphatic rings. The van der Waals surface area contributed by atoms with Gasteiger partial charge in [0.15, 0.2) is 0 Å². The smallest absolute Gasteiger partial charge is 0.325 e. The second-order valence-electron chi connectivity index (χ2n) is 6.78. The van der Waals surface area contributed by atoms with Gasteiger partial charge in [0.2, 0.25) is 5.91 Å². The zero-order chi connectivity index (χ0) is 22.1. The molecule has 3 N–H and O–H groups in total. The van der Waals surface area contributed by atoms with Crippen molar-refractivity contribution in [1.29, 1.82) is 0 Å². The summed E-state index contributed by atoms with van der Waals surface area (Å²) in [6.45, 7) is 0.581. The molecule has 0 unspecified atom stereocenters. The van der Waals surface area contributed by atoms with Crippen LogP contribution in [0.3, 0.4) is 0 Å². The number of carbonyl (C=O) groups excluding carboxylic acids is 4. The number of halogens is 2. The number of nitrogens with one attached hydrogen (secondary N) is 3. The van der Waals surface area contributed by atoms with Gasteiger partial charge in [-0.05, 0) is 43.3 Å². The number of nitrogens with zero attached hydrogens (tertiary/aromatic N) is 1. The zero-order valence-electron chi connectivity index (χ0n) is 16.1. The first-order chi connectivity index (χ1) is 14.2. The summed E-state index contributed by atoms with van der Waals surface area (Å²) >= 11 is 0. The van der Waals surface area contributed by atoms with Crippen molar-refractivity contribution < 1.29 is 28.0 Å². The maximum Gasteiger partial charge on any atom is 0.325 e. The molecule has 0 spiro atoms. The van der Waals surface area contributed by atoms with Gasteiger partial charge in [0.05, 0.1) is 0 Å². The number of hydrogen-bond donors (Lipinski definition) is 3. The number of rotatable bonds is 5. The highest BCUT2D eigenvalue weighted by atomic mass is 19.1. The molecular formula is C20H18F2N4O4. The van der Waals surface area contributed by atoms with E-state index in [-0.39, 0.29) is 17.2 Å². The summed E-state index contributed by atoms with van der Waals surface area (Å²) in [5.74, 6) is -3.61. The van der Waals surface area contributed by atoms with E-state index in [4.69, 9.17) is 0 Å². The van der Waals surface area contributed by atoms with E-state index in [0.717, 1.165) is 18.2 Å². The summed E-state index contributed by atoms with van der Waals surface area (Å²) < 4.78 is 27.7. The van der Waals surface area contributed by atoms with E-state index >= 15 is 0 Å². The van der Waals surface area contributed by atoms with Crippen molar-refractivity contribution >= 4 is 29.4 Å². The molecule has 0 aromatic heterocycles. The van der Waals surface area contributed by atoms with Crippen molar-refractivity contribution in [2.75, 3.05) is 18.9 Å². The van der Waals surface area contributed by atoms with Crippen LogP contribution in [0.5, 0.6) is 0 Å². The minimum Gasteiger partial charge on any atom is -0.355 e. The molecule has 5 amide bonds. The molecule has 2 aromatic carbocycles. The molecule has 8 nitrogen and oxygen atoms in total. The Kier molecular flexibility index (Phi) is 5.50. The van der Waals surface area contributed by atoms with Crippen LogP contribution < -0.4 is 16.0 Å². The first-order valence-corrected chi connectivity index (χ1v) is 8.87. The number of carbonyl (C=O) groups is 4. The molecule has 1 atom stereocenters. The number of anilines is 1. The van der Waals surface area contributed by atoms with Crippen LogP contribution in [0.25, 0.3) is 0 Å². The van der Waals surface area contributed by atoms with Gasteiger partial charge in [-0.2, -0.15) is 0 Å². The highest BCUT2D eigenvalue weighted by Gasteiger charge is 2.50. The molecule has 0 aliphatic carbocycles. The van der Waals surface area contributed by atoms with Crippen molar-refractivity contribution in [3.63, 3.8) is 0 Å². The van der Waals surface area contributed by atoms with Gasteiger partial charge < -0.3 is 16.0 Å². The molecule has 156 valence electrons. The molecule has 1 fully saturated rings. The first kappa shape index (κ1) is 20.9. The van der Waals surface area contributed by atoms with Gasteiger partial charge in [-0.3, -0.25) is 19.3 Å². The lowest BCUT2D eigenvalue weighted by molar-refractivity contribution is -0.133. The lowest BCUT2D eigenvalue weighted by Gasteiger charge is -2.22. The van der Waals surface area contributed by atoms with E-state index < -0.39 is 41.6 Å². The zero-order valence-corrected chi connectivity index (χ0v) is 16.1. The van der Waals surface area contributed by atoms with Gasteiger partial charge in [-0.1, -0.05) is 6.07 Å². The van der Waals surface area contributed by atoms with E-state index in [1.807, 2.05) is 0 Å². The third-order valence-electron chi connectivity index (χ3n) is 4.68. The second-order valence-corrected chi connectivity index (χ2v) is 6.78. The van der Waals surface area contributed by atoms with Gasteiger partial charge >= 0.3 is 6.03 Å². The summed E-state index contributed by atoms with van der Waals surface area (Å²) in [7, 11) is 1.46. The van der Waals surface area contributed by atoms with E-state index in [0.29, 0.717) is 10.5 Å². The molecule has 0 bridgehead atoms. The summed E-state index contributed by atoms with van der Waals surface area (Å²) in [6.07, 6.45) is 0. The summed E-state index contributed by atoms with van der Waals surface area (Å²) in [4.78, 5) is 49.7. The second kappa shape index (κ2) is 7.90. The fourth-order valence-corrected chi connectivity index (χ4v) is 3.13. The predicted molar refractivity (Wildman–Crippen MR) is 102 cm³/mol. The maximum absolute atomic E-state index is 14.2. The lowest BCUT2D eigenvalue weighted by atomic mass is 9.91. The topological polar surface area (TPSA) is 108 Å². The molecule has 0 radical (unpaired) electrons. The van der Waals surface area contributed by atoms with Crippen molar-refractivity contribution in [2.24, 2.45) is 0 Å². The Bertz CT molecular complexity index is 1060. The average molecular weight is 416 g/mol. The Morgan fingerprint density at radius 1 is 1.13 bits per heavy atom. The molecule has 1 heterocycles. The molecular weight excluding hydrogens is 398 g/mol. The number of imide groups is 1. The monoisotopic (exact) mass is 416 g/mol. The van der Waals surface area contributed by atoms with Crippen molar-refractivity contribution in [1.82, 2.24) is 15.5 Å². The Hall–Kier alpha value is -3.82. The Balaban J connectivity index is 1.77.